The number of rotatable bonds is 8. The van der Waals surface area contributed by atoms with Crippen molar-refractivity contribution in [3.63, 3.8) is 0 Å². The molecule has 0 bridgehead atoms. The number of benzene rings is 2. The van der Waals surface area contributed by atoms with Gasteiger partial charge in [-0.3, -0.25) is 14.6 Å². The van der Waals surface area contributed by atoms with E-state index in [4.69, 9.17) is 0 Å². The predicted molar refractivity (Wildman–Crippen MR) is 163 cm³/mol. The van der Waals surface area contributed by atoms with Gasteiger partial charge in [-0.25, -0.2) is 14.8 Å². The number of hydrogen-bond acceptors (Lipinski definition) is 8. The van der Waals surface area contributed by atoms with Crippen LogP contribution in [0.1, 0.15) is 11.1 Å². The van der Waals surface area contributed by atoms with Crippen molar-refractivity contribution in [2.75, 3.05) is 33.2 Å². The predicted octanol–water partition coefficient (Wildman–Crippen LogP) is 2.47. The number of carbonyl (C=O) groups is 3. The number of amides is 4. The summed E-state index contributed by atoms with van der Waals surface area (Å²) in [6.07, 6.45) is 7.17. The van der Waals surface area contributed by atoms with Crippen LogP contribution in [-0.4, -0.2) is 105 Å². The van der Waals surface area contributed by atoms with Crippen LogP contribution in [0.15, 0.2) is 101 Å². The molecule has 12 nitrogen and oxygen atoms in total. The Bertz CT molecular complexity index is 1510. The summed E-state index contributed by atoms with van der Waals surface area (Å²) < 4.78 is 0. The maximum Gasteiger partial charge on any atom is 0.334 e. The largest absolute Gasteiger partial charge is 0.508 e. The quantitative estimate of drug-likeness (QED) is 0.452. The molecule has 0 radical (unpaired) electrons. The SMILES string of the molecule is C=CCN1CC(=O)N2[C@@H](Cc3ccc(O)cc3)C(=O)N(CC3=CC4C(C=C3)N=NN4C)C[C@@H]2N1C(=O)NCc1ccccc1. The van der Waals surface area contributed by atoms with Gasteiger partial charge in [0, 0.05) is 33.1 Å². The molecule has 4 amide bonds. The maximum atomic E-state index is 14.2. The molecule has 2 aromatic rings. The van der Waals surface area contributed by atoms with Gasteiger partial charge in [0.05, 0.1) is 19.1 Å². The maximum absolute atomic E-state index is 14.2. The third-order valence-corrected chi connectivity index (χ3v) is 8.40. The lowest BCUT2D eigenvalue weighted by atomic mass is 9.96. The second kappa shape index (κ2) is 12.3. The van der Waals surface area contributed by atoms with Crippen LogP contribution in [0.25, 0.3) is 0 Å². The Morgan fingerprint density at radius 1 is 1.11 bits per heavy atom. The highest BCUT2D eigenvalue weighted by Gasteiger charge is 2.51. The van der Waals surface area contributed by atoms with E-state index in [1.807, 2.05) is 49.5 Å². The van der Waals surface area contributed by atoms with Gasteiger partial charge in [-0.05, 0) is 28.8 Å². The molecular formula is C32H36N8O4. The molecular weight excluding hydrogens is 560 g/mol. The Balaban J connectivity index is 1.32. The van der Waals surface area contributed by atoms with E-state index in [1.54, 1.807) is 55.2 Å². The monoisotopic (exact) mass is 596 g/mol. The number of urea groups is 1. The second-order valence-electron chi connectivity index (χ2n) is 11.4. The highest BCUT2D eigenvalue weighted by Crippen LogP contribution is 2.31. The minimum atomic E-state index is -0.846. The van der Waals surface area contributed by atoms with Gasteiger partial charge in [0.1, 0.15) is 24.0 Å². The van der Waals surface area contributed by atoms with Crippen LogP contribution >= 0.6 is 0 Å². The lowest BCUT2D eigenvalue weighted by molar-refractivity contribution is -0.188. The molecule has 6 rings (SSSR count). The van der Waals surface area contributed by atoms with Crippen molar-refractivity contribution < 1.29 is 19.5 Å². The molecule has 2 aromatic carbocycles. The number of nitrogens with one attached hydrogen (secondary N) is 1. The van der Waals surface area contributed by atoms with Gasteiger partial charge in [-0.15, -0.1) is 6.58 Å². The zero-order valence-corrected chi connectivity index (χ0v) is 24.6. The zero-order valence-electron chi connectivity index (χ0n) is 24.6. The molecule has 4 atom stereocenters. The first kappa shape index (κ1) is 29.1. The molecule has 12 heteroatoms. The third-order valence-electron chi connectivity index (χ3n) is 8.40. The lowest BCUT2D eigenvalue weighted by Crippen LogP contribution is -2.76. The molecule has 3 heterocycles. The topological polar surface area (TPSA) is 124 Å². The smallest absolute Gasteiger partial charge is 0.334 e. The van der Waals surface area contributed by atoms with Gasteiger partial charge >= 0.3 is 6.03 Å². The summed E-state index contributed by atoms with van der Waals surface area (Å²) in [5.41, 5.74) is 2.66. The molecule has 44 heavy (non-hydrogen) atoms. The van der Waals surface area contributed by atoms with Crippen molar-refractivity contribution >= 4 is 17.8 Å². The fraction of sp³-hybridized carbons (Fsp3) is 0.344. The van der Waals surface area contributed by atoms with Gasteiger partial charge < -0.3 is 20.2 Å². The highest BCUT2D eigenvalue weighted by atomic mass is 16.3. The summed E-state index contributed by atoms with van der Waals surface area (Å²) in [5, 5.41) is 26.3. The molecule has 0 spiro atoms. The van der Waals surface area contributed by atoms with Crippen LogP contribution in [0, 0.1) is 0 Å². The van der Waals surface area contributed by atoms with E-state index in [9.17, 15) is 19.5 Å². The average Bonchev–Trinajstić information content (AvgIpc) is 3.39. The van der Waals surface area contributed by atoms with Crippen LogP contribution in [-0.2, 0) is 22.6 Å². The van der Waals surface area contributed by atoms with Crippen LogP contribution < -0.4 is 5.32 Å². The van der Waals surface area contributed by atoms with E-state index in [1.165, 1.54) is 0 Å². The van der Waals surface area contributed by atoms with Crippen molar-refractivity contribution in [2.45, 2.75) is 37.3 Å². The number of fused-ring (bicyclic) bond motifs is 2. The lowest BCUT2D eigenvalue weighted by Gasteiger charge is -2.55. The van der Waals surface area contributed by atoms with Crippen molar-refractivity contribution in [3.8, 4) is 5.75 Å². The second-order valence-corrected chi connectivity index (χ2v) is 11.4. The third kappa shape index (κ3) is 5.80. The molecule has 1 aliphatic carbocycles. The number of phenols is 1. The summed E-state index contributed by atoms with van der Waals surface area (Å²) in [6.45, 7) is 4.79. The Morgan fingerprint density at radius 2 is 1.89 bits per heavy atom. The zero-order chi connectivity index (χ0) is 30.8. The molecule has 0 aromatic heterocycles. The number of aromatic hydroxyl groups is 1. The van der Waals surface area contributed by atoms with Crippen LogP contribution in [0.5, 0.6) is 5.75 Å². The first-order chi connectivity index (χ1) is 21.3. The number of nitrogens with zero attached hydrogens (tertiary/aromatic N) is 7. The summed E-state index contributed by atoms with van der Waals surface area (Å²) in [6, 6.07) is 14.9. The summed E-state index contributed by atoms with van der Waals surface area (Å²) in [7, 11) is 1.87. The van der Waals surface area contributed by atoms with Crippen molar-refractivity contribution in [1.82, 2.24) is 30.1 Å². The van der Waals surface area contributed by atoms with Crippen molar-refractivity contribution in [2.24, 2.45) is 10.3 Å². The van der Waals surface area contributed by atoms with E-state index in [-0.39, 0.29) is 61.7 Å². The van der Waals surface area contributed by atoms with Gasteiger partial charge in [-0.1, -0.05) is 72.0 Å². The van der Waals surface area contributed by atoms with Crippen LogP contribution in [0.4, 0.5) is 4.79 Å². The van der Waals surface area contributed by atoms with Crippen molar-refractivity contribution in [1.29, 1.82) is 0 Å². The highest BCUT2D eigenvalue weighted by molar-refractivity contribution is 5.92. The molecule has 0 saturated carbocycles. The number of hydrazine groups is 1. The fourth-order valence-corrected chi connectivity index (χ4v) is 6.23. The molecule has 2 N–H and O–H groups in total. The van der Waals surface area contributed by atoms with Crippen molar-refractivity contribution in [3.05, 3.63) is 102 Å². The number of hydrogen-bond donors (Lipinski definition) is 2. The minimum absolute atomic E-state index is 0.0289. The molecule has 3 aliphatic heterocycles. The molecule has 228 valence electrons. The molecule has 2 unspecified atom stereocenters. The average molecular weight is 597 g/mol. The minimum Gasteiger partial charge on any atom is -0.508 e. The Labute approximate surface area is 256 Å². The standard InChI is InChI=1S/C32H36N8O4/c1-3-15-38-21-30(42)39-28(16-22-9-12-25(41)13-10-22)31(43)37(19-24-11-14-26-27(17-24)36(2)35-34-26)20-29(39)40(38)32(44)33-18-23-7-5-4-6-8-23/h3-14,17,26-29,41H,1,15-16,18-21H2,2H3,(H,33,44)/t26?,27?,28-,29-/m0/s1. The molecule has 2 saturated heterocycles. The summed E-state index contributed by atoms with van der Waals surface area (Å²) in [5.74, 6) is -0.325. The van der Waals surface area contributed by atoms with E-state index in [0.29, 0.717) is 13.1 Å². The van der Waals surface area contributed by atoms with E-state index in [2.05, 4.69) is 28.3 Å². The van der Waals surface area contributed by atoms with Crippen LogP contribution in [0.3, 0.4) is 0 Å². The first-order valence-electron chi connectivity index (χ1n) is 14.7. The number of likely N-dealkylation sites (N-methyl/N-ethyl adjacent to an activating group) is 1. The Hall–Kier alpha value is -4.97. The Morgan fingerprint density at radius 3 is 2.64 bits per heavy atom. The Kier molecular flexibility index (Phi) is 8.16. The van der Waals surface area contributed by atoms with Gasteiger partial charge in [0.2, 0.25) is 11.8 Å². The van der Waals surface area contributed by atoms with Crippen LogP contribution in [0.2, 0.25) is 0 Å². The first-order valence-corrected chi connectivity index (χ1v) is 14.7. The van der Waals surface area contributed by atoms with Gasteiger partial charge in [-0.2, -0.15) is 5.11 Å². The summed E-state index contributed by atoms with van der Waals surface area (Å²) in [4.78, 5) is 45.1. The fourth-order valence-electron chi connectivity index (χ4n) is 6.23. The van der Waals surface area contributed by atoms with E-state index >= 15 is 0 Å². The number of phenolic OH excluding ortho intramolecular Hbond substituents is 1. The molecule has 4 aliphatic rings. The number of piperazine rings is 1. The van der Waals surface area contributed by atoms with E-state index in [0.717, 1.165) is 16.7 Å². The molecule has 2 fully saturated rings. The normalized spacial score (nSPS) is 24.7. The number of carbonyl (C=O) groups excluding carboxylic acids is 3. The summed E-state index contributed by atoms with van der Waals surface area (Å²) >= 11 is 0. The van der Waals surface area contributed by atoms with Gasteiger partial charge in [0.25, 0.3) is 0 Å². The van der Waals surface area contributed by atoms with Gasteiger partial charge in [0.15, 0.2) is 0 Å². The van der Waals surface area contributed by atoms with E-state index < -0.39 is 12.2 Å².